The maximum atomic E-state index is 2.64. The Morgan fingerprint density at radius 1 is 0.292 bits per heavy atom. The van der Waals surface area contributed by atoms with Crippen molar-refractivity contribution in [3.8, 4) is 33.8 Å². The Bertz CT molecular complexity index is 4280. The molecule has 3 aliphatic heterocycles. The van der Waals surface area contributed by atoms with E-state index in [0.717, 1.165) is 23.7 Å². The van der Waals surface area contributed by atoms with E-state index in [1.165, 1.54) is 280 Å². The Morgan fingerprint density at radius 2 is 0.625 bits per heavy atom. The van der Waals surface area contributed by atoms with Crippen molar-refractivity contribution in [3.63, 3.8) is 0 Å². The molecule has 0 bridgehead atoms. The molecule has 3 nitrogen and oxygen atoms in total. The average Bonchev–Trinajstić information content (AvgIpc) is 1.06. The first-order valence-corrected chi connectivity index (χ1v) is 47.9. The summed E-state index contributed by atoms with van der Waals surface area (Å²) < 4.78 is 7.09. The van der Waals surface area contributed by atoms with E-state index >= 15 is 0 Å². The van der Waals surface area contributed by atoms with Gasteiger partial charge >= 0.3 is 0 Å². The summed E-state index contributed by atoms with van der Waals surface area (Å²) in [4.78, 5) is 0. The van der Waals surface area contributed by atoms with Crippen LogP contribution in [0.25, 0.3) is 66.1 Å². The number of hydrogen-bond donors (Lipinski definition) is 0. The minimum Gasteiger partial charge on any atom is -0.200 e. The van der Waals surface area contributed by atoms with E-state index in [4.69, 9.17) is 0 Å². The van der Waals surface area contributed by atoms with Gasteiger partial charge in [-0.2, -0.15) is 0 Å². The molecule has 7 fully saturated rings. The molecule has 0 N–H and O–H groups in total. The summed E-state index contributed by atoms with van der Waals surface area (Å²) >= 11 is 0. The van der Waals surface area contributed by atoms with Gasteiger partial charge in [-0.05, 0) is 200 Å². The van der Waals surface area contributed by atoms with Crippen LogP contribution in [-0.2, 0) is 21.1 Å². The molecule has 4 aliphatic carbocycles. The van der Waals surface area contributed by atoms with Crippen LogP contribution in [0.5, 0.6) is 0 Å². The lowest BCUT2D eigenvalue weighted by atomic mass is 9.84. The highest BCUT2D eigenvalue weighted by Crippen LogP contribution is 2.46. The molecule has 9 aromatic rings. The second-order valence-electron chi connectivity index (χ2n) is 33.4. The van der Waals surface area contributed by atoms with Crippen molar-refractivity contribution >= 4 is 72.1 Å². The highest BCUT2D eigenvalue weighted by atomic mass is 28.3. The highest BCUT2D eigenvalue weighted by molar-refractivity contribution is 6.92. The molecule has 0 spiro atoms. The molecule has 502 valence electrons. The third kappa shape index (κ3) is 13.7. The Hall–Kier alpha value is -5.80. The molecule has 0 unspecified atom stereocenters. The van der Waals surface area contributed by atoms with Crippen LogP contribution in [0.4, 0.5) is 0 Å². The van der Waals surface area contributed by atoms with E-state index in [2.05, 4.69) is 216 Å². The van der Waals surface area contributed by atoms with Crippen LogP contribution < -0.4 is 29.3 Å². The molecular formula is C90H118N3Si3+3. The van der Waals surface area contributed by atoms with Gasteiger partial charge in [-0.1, -0.05) is 241 Å². The lowest BCUT2D eigenvalue weighted by molar-refractivity contribution is -0.659. The molecule has 16 rings (SSSR count). The van der Waals surface area contributed by atoms with Gasteiger partial charge in [0.2, 0.25) is 17.1 Å². The summed E-state index contributed by atoms with van der Waals surface area (Å²) in [7, 11) is 2.80. The molecule has 0 atom stereocenters. The summed E-state index contributed by atoms with van der Waals surface area (Å²) in [5, 5.41) is 13.6. The quantitative estimate of drug-likeness (QED) is 0.0955. The van der Waals surface area contributed by atoms with Gasteiger partial charge in [-0.15, -0.1) is 0 Å². The van der Waals surface area contributed by atoms with E-state index in [1.54, 1.807) is 43.4 Å². The molecule has 0 radical (unpaired) electrons. The number of fused-ring (bicyclic) bond motifs is 3. The first kappa shape index (κ1) is 67.4. The average molecular weight is 1330 g/mol. The number of pyridine rings is 3. The van der Waals surface area contributed by atoms with Crippen molar-refractivity contribution < 1.29 is 13.7 Å². The molecule has 3 aromatic heterocycles. The maximum absolute atomic E-state index is 2.64. The van der Waals surface area contributed by atoms with E-state index < -0.39 is 24.2 Å². The molecule has 0 amide bonds. The van der Waals surface area contributed by atoms with Gasteiger partial charge in [0.15, 0.2) is 18.6 Å². The number of hydrogen-bond acceptors (Lipinski definition) is 0. The monoisotopic (exact) mass is 1320 g/mol. The van der Waals surface area contributed by atoms with Crippen molar-refractivity contribution in [2.45, 2.75) is 268 Å². The van der Waals surface area contributed by atoms with E-state index in [9.17, 15) is 0 Å². The zero-order valence-electron chi connectivity index (χ0n) is 61.3. The van der Waals surface area contributed by atoms with E-state index in [0.29, 0.717) is 0 Å². The fraction of sp³-hybridized carbons (Fsp3) is 0.500. The third-order valence-corrected chi connectivity index (χ3v) is 40.7. The molecule has 96 heavy (non-hydrogen) atoms. The number of aryl methyl sites for hydroxylation is 5. The fourth-order valence-electron chi connectivity index (χ4n) is 20.3. The number of aromatic nitrogens is 3. The Kier molecular flexibility index (Phi) is 20.2. The standard InChI is InChI=1S/C33H44NSi.C29H38NSi.C28H36NSi/c1-24-31(26-13-7-8-14-26)22-28(25-11-5-6-12-25)23-32(24)33-30-16-15-29(21-27(30)17-18-34(33)2)35(3)19-9-4-10-20-35;1-21-18-25(23-10-6-7-11-23)20-28(22(21)2)29-27-13-12-26(19-24(27)14-15-30(29)3)31(4)16-8-5-9-17-31;1-21-11-12-23(22-9-5-6-10-22)20-27(21)28-26-14-13-25(19-24(26)15-16-29(28)2)30(3)17-7-4-8-18-30/h15-18,21-23,25-26H,4-14,19-20H2,1-3H3;12-15,18-20,23H,5-11,16-17H2,1-4H3;11-16,19-20,22H,4-10,17-18H2,1-3H3/q3*+1. The zero-order chi connectivity index (χ0) is 66.3. The Balaban J connectivity index is 0.000000124. The smallest absolute Gasteiger partial charge is 0.200 e. The summed E-state index contributed by atoms with van der Waals surface area (Å²) in [6.07, 6.45) is 41.9. The lowest BCUT2D eigenvalue weighted by Crippen LogP contribution is -2.45. The molecule has 6 aromatic carbocycles. The van der Waals surface area contributed by atoms with Crippen LogP contribution in [0.15, 0.2) is 134 Å². The molecule has 4 saturated carbocycles. The van der Waals surface area contributed by atoms with Gasteiger partial charge in [-0.3, -0.25) is 0 Å². The fourth-order valence-corrected chi connectivity index (χ4v) is 31.9. The Labute approximate surface area is 583 Å². The topological polar surface area (TPSA) is 11.6 Å². The normalized spacial score (nSPS) is 20.0. The van der Waals surface area contributed by atoms with Gasteiger partial charge in [0.25, 0.3) is 0 Å². The minimum atomic E-state index is -1.31. The van der Waals surface area contributed by atoms with Crippen molar-refractivity contribution in [1.29, 1.82) is 0 Å². The molecule has 3 saturated heterocycles. The predicted molar refractivity (Wildman–Crippen MR) is 420 cm³/mol. The number of nitrogens with zero attached hydrogens (tertiary/aromatic N) is 3. The van der Waals surface area contributed by atoms with Gasteiger partial charge in [0, 0.05) is 23.8 Å². The van der Waals surface area contributed by atoms with Crippen molar-refractivity contribution in [1.82, 2.24) is 0 Å². The van der Waals surface area contributed by atoms with Crippen molar-refractivity contribution in [3.05, 3.63) is 178 Å². The second-order valence-corrected chi connectivity index (χ2v) is 47.5. The molecular weight excluding hydrogens is 1210 g/mol. The van der Waals surface area contributed by atoms with Crippen molar-refractivity contribution in [2.75, 3.05) is 0 Å². The Morgan fingerprint density at radius 3 is 1.02 bits per heavy atom. The summed E-state index contributed by atoms with van der Waals surface area (Å²) in [5.41, 5.74) is 20.7. The summed E-state index contributed by atoms with van der Waals surface area (Å²) in [5.74, 6) is 3.04. The largest absolute Gasteiger partial charge is 0.220 e. The van der Waals surface area contributed by atoms with Crippen LogP contribution in [-0.4, -0.2) is 24.2 Å². The molecule has 6 heteroatoms. The summed E-state index contributed by atoms with van der Waals surface area (Å²) in [6.45, 7) is 17.2. The van der Waals surface area contributed by atoms with E-state index in [-0.39, 0.29) is 0 Å². The first-order valence-electron chi connectivity index (χ1n) is 39.2. The lowest BCUT2D eigenvalue weighted by Gasteiger charge is -2.32. The minimum absolute atomic E-state index is 0.752. The molecule has 7 aliphatic rings. The van der Waals surface area contributed by atoms with Gasteiger partial charge in [-0.25, -0.2) is 13.7 Å². The van der Waals surface area contributed by atoms with Crippen LogP contribution >= 0.6 is 0 Å². The van der Waals surface area contributed by atoms with Crippen LogP contribution in [0.2, 0.25) is 55.9 Å². The first-order chi connectivity index (χ1) is 46.5. The van der Waals surface area contributed by atoms with Crippen LogP contribution in [0.1, 0.15) is 229 Å². The SMILES string of the molecule is Cc1c(-c2c3ccc([Si]4(C)CCCCC4)cc3cc[n+]2C)cc(C2CCCC2)cc1C1CCCC1.Cc1cc(C2CCCC2)cc(-c2c3ccc([Si]4(C)CCCCC4)cc3cc[n+]2C)c1C.Cc1ccc(C2CCCC2)cc1-c1c2ccc([Si]3(C)CCCCC3)cc2cc[n+]1C. The van der Waals surface area contributed by atoms with E-state index in [1.807, 2.05) is 0 Å². The predicted octanol–water partition coefficient (Wildman–Crippen LogP) is 22.3. The van der Waals surface area contributed by atoms with Gasteiger partial charge in [0.1, 0.15) is 21.1 Å². The number of rotatable bonds is 10. The second kappa shape index (κ2) is 28.8. The van der Waals surface area contributed by atoms with Gasteiger partial charge in [0.05, 0.1) is 51.5 Å². The maximum Gasteiger partial charge on any atom is 0.220 e. The van der Waals surface area contributed by atoms with Crippen LogP contribution in [0.3, 0.4) is 0 Å². The van der Waals surface area contributed by atoms with Crippen molar-refractivity contribution in [2.24, 2.45) is 21.1 Å². The zero-order valence-corrected chi connectivity index (χ0v) is 64.3. The number of benzene rings is 6. The van der Waals surface area contributed by atoms with Gasteiger partial charge < -0.3 is 0 Å². The third-order valence-electron chi connectivity index (χ3n) is 26.8. The molecule has 6 heterocycles. The summed E-state index contributed by atoms with van der Waals surface area (Å²) in [6, 6.07) is 55.9. The highest BCUT2D eigenvalue weighted by Gasteiger charge is 2.36. The van der Waals surface area contributed by atoms with Crippen LogP contribution in [0, 0.1) is 27.7 Å².